The zero-order chi connectivity index (χ0) is 18.1. The molecule has 1 amide bonds. The number of thiazole rings is 1. The number of carbonyl (C=O) groups is 1. The van der Waals surface area contributed by atoms with Gasteiger partial charge in [-0.25, -0.2) is 14.6 Å². The smallest absolute Gasteiger partial charge is 0.259 e. The van der Waals surface area contributed by atoms with E-state index in [2.05, 4.69) is 39.5 Å². The Hall–Kier alpha value is -2.03. The summed E-state index contributed by atoms with van der Waals surface area (Å²) in [4.78, 5) is 22.6. The van der Waals surface area contributed by atoms with Crippen molar-refractivity contribution in [3.05, 3.63) is 35.1 Å². The maximum Gasteiger partial charge on any atom is 0.259 e. The van der Waals surface area contributed by atoms with Crippen molar-refractivity contribution in [2.24, 2.45) is 0 Å². The zero-order valence-electron chi connectivity index (χ0n) is 15.3. The molecule has 0 unspecified atom stereocenters. The largest absolute Gasteiger partial charge is 0.317 e. The van der Waals surface area contributed by atoms with Gasteiger partial charge in [0.1, 0.15) is 0 Å². The van der Waals surface area contributed by atoms with Crippen LogP contribution in [0.2, 0.25) is 0 Å². The third kappa shape index (κ3) is 4.12. The van der Waals surface area contributed by atoms with Crippen LogP contribution in [0.5, 0.6) is 0 Å². The van der Waals surface area contributed by atoms with Crippen LogP contribution in [0.15, 0.2) is 24.7 Å². The lowest BCUT2D eigenvalue weighted by molar-refractivity contribution is 0.102. The van der Waals surface area contributed by atoms with Crippen LogP contribution in [0.4, 0.5) is 5.13 Å². The molecule has 4 rings (SSSR count). The highest BCUT2D eigenvalue weighted by Crippen LogP contribution is 2.31. The molecule has 0 saturated carbocycles. The number of hydrogen-bond donors (Lipinski definition) is 2. The molecule has 144 valence electrons. The number of fused-ring (bicyclic) bond motifs is 1. The summed E-state index contributed by atoms with van der Waals surface area (Å²) in [6, 6.07) is 2.05. The minimum absolute atomic E-state index is 0. The average molecular weight is 407 g/mol. The van der Waals surface area contributed by atoms with Gasteiger partial charge in [0, 0.05) is 28.7 Å². The first-order valence-corrected chi connectivity index (χ1v) is 9.74. The first-order chi connectivity index (χ1) is 12.6. The predicted molar refractivity (Wildman–Crippen MR) is 110 cm³/mol. The fraction of sp³-hybridized carbons (Fsp3) is 0.444. The number of pyridine rings is 1. The Balaban J connectivity index is 0.00000210. The van der Waals surface area contributed by atoms with Gasteiger partial charge in [-0.2, -0.15) is 5.10 Å². The molecule has 1 fully saturated rings. The molecular weight excluding hydrogens is 384 g/mol. The van der Waals surface area contributed by atoms with Crippen molar-refractivity contribution in [3.63, 3.8) is 0 Å². The maximum absolute atomic E-state index is 12.6. The van der Waals surface area contributed by atoms with E-state index in [1.807, 2.05) is 16.9 Å². The summed E-state index contributed by atoms with van der Waals surface area (Å²) >= 11 is 1.57. The van der Waals surface area contributed by atoms with Gasteiger partial charge in [0.05, 0.1) is 11.8 Å². The third-order valence-corrected chi connectivity index (χ3v) is 5.75. The van der Waals surface area contributed by atoms with E-state index in [9.17, 15) is 4.79 Å². The Kier molecular flexibility index (Phi) is 6.08. The van der Waals surface area contributed by atoms with Crippen LogP contribution in [0, 0.1) is 0 Å². The molecule has 7 nitrogen and oxygen atoms in total. The lowest BCUT2D eigenvalue weighted by Gasteiger charge is -2.20. The van der Waals surface area contributed by atoms with E-state index in [0.29, 0.717) is 16.6 Å². The first kappa shape index (κ1) is 19.7. The number of nitrogens with one attached hydrogen (secondary N) is 2. The molecule has 2 N–H and O–H groups in total. The Bertz CT molecular complexity index is 931. The molecular formula is C18H23ClN6OS. The number of carbonyl (C=O) groups excluding carboxylic acids is 1. The van der Waals surface area contributed by atoms with E-state index in [0.717, 1.165) is 37.0 Å². The standard InChI is InChI=1S/C18H22N6OS.ClH/c1-11(2)24-16-13(9-22-24)7-14(8-20-16)17(25)23-18-21-10-15(26-18)12-3-5-19-6-4-12;/h7-12,19H,3-6H2,1-2H3,(H,21,23,25);1H. The molecule has 0 bridgehead atoms. The number of anilines is 1. The van der Waals surface area contributed by atoms with Crippen molar-refractivity contribution in [2.45, 2.75) is 38.6 Å². The summed E-state index contributed by atoms with van der Waals surface area (Å²) in [6.07, 6.45) is 7.48. The average Bonchev–Trinajstić information content (AvgIpc) is 3.28. The van der Waals surface area contributed by atoms with Gasteiger partial charge in [0.25, 0.3) is 5.91 Å². The van der Waals surface area contributed by atoms with Crippen molar-refractivity contribution in [1.29, 1.82) is 0 Å². The number of rotatable bonds is 4. The summed E-state index contributed by atoms with van der Waals surface area (Å²) in [5, 5.41) is 12.1. The van der Waals surface area contributed by atoms with E-state index < -0.39 is 0 Å². The van der Waals surface area contributed by atoms with Gasteiger partial charge in [0.15, 0.2) is 10.8 Å². The quantitative estimate of drug-likeness (QED) is 0.691. The highest BCUT2D eigenvalue weighted by Gasteiger charge is 2.19. The monoisotopic (exact) mass is 406 g/mol. The Morgan fingerprint density at radius 1 is 1.26 bits per heavy atom. The van der Waals surface area contributed by atoms with Gasteiger partial charge in [-0.15, -0.1) is 23.7 Å². The molecule has 27 heavy (non-hydrogen) atoms. The summed E-state index contributed by atoms with van der Waals surface area (Å²) in [7, 11) is 0. The molecule has 0 aliphatic carbocycles. The topological polar surface area (TPSA) is 84.7 Å². The SMILES string of the molecule is CC(C)n1ncc2cc(C(=O)Nc3ncc(C4CCNCC4)s3)cnc21.Cl. The van der Waals surface area contributed by atoms with Crippen molar-refractivity contribution >= 4 is 45.8 Å². The lowest BCUT2D eigenvalue weighted by Crippen LogP contribution is -2.26. The van der Waals surface area contributed by atoms with E-state index in [4.69, 9.17) is 0 Å². The summed E-state index contributed by atoms with van der Waals surface area (Å²) < 4.78 is 1.85. The van der Waals surface area contributed by atoms with Crippen LogP contribution in [0.3, 0.4) is 0 Å². The molecule has 1 saturated heterocycles. The Labute approximate surface area is 168 Å². The van der Waals surface area contributed by atoms with Gasteiger partial charge in [0.2, 0.25) is 0 Å². The molecule has 3 aromatic heterocycles. The highest BCUT2D eigenvalue weighted by atomic mass is 35.5. The van der Waals surface area contributed by atoms with Gasteiger partial charge in [-0.3, -0.25) is 10.1 Å². The van der Waals surface area contributed by atoms with Crippen molar-refractivity contribution < 1.29 is 4.79 Å². The lowest BCUT2D eigenvalue weighted by atomic mass is 9.97. The van der Waals surface area contributed by atoms with E-state index >= 15 is 0 Å². The molecule has 0 atom stereocenters. The highest BCUT2D eigenvalue weighted by molar-refractivity contribution is 7.15. The minimum Gasteiger partial charge on any atom is -0.317 e. The molecule has 1 aliphatic heterocycles. The first-order valence-electron chi connectivity index (χ1n) is 8.93. The van der Waals surface area contributed by atoms with Crippen LogP contribution in [0.25, 0.3) is 11.0 Å². The van der Waals surface area contributed by atoms with Crippen LogP contribution in [0.1, 0.15) is 53.9 Å². The number of aromatic nitrogens is 4. The summed E-state index contributed by atoms with van der Waals surface area (Å²) in [5.41, 5.74) is 1.30. The van der Waals surface area contributed by atoms with Gasteiger partial charge < -0.3 is 5.32 Å². The molecule has 3 aromatic rings. The number of amides is 1. The summed E-state index contributed by atoms with van der Waals surface area (Å²) in [6.45, 7) is 6.19. The van der Waals surface area contributed by atoms with Crippen molar-refractivity contribution in [3.8, 4) is 0 Å². The Morgan fingerprint density at radius 3 is 2.78 bits per heavy atom. The van der Waals surface area contributed by atoms with Gasteiger partial charge in [-0.1, -0.05) is 0 Å². The van der Waals surface area contributed by atoms with Crippen LogP contribution >= 0.6 is 23.7 Å². The van der Waals surface area contributed by atoms with E-state index in [-0.39, 0.29) is 24.4 Å². The maximum atomic E-state index is 12.6. The normalized spacial score (nSPS) is 15.1. The number of hydrogen-bond acceptors (Lipinski definition) is 6. The summed E-state index contributed by atoms with van der Waals surface area (Å²) in [5.74, 6) is 0.349. The number of piperidine rings is 1. The second-order valence-electron chi connectivity index (χ2n) is 6.87. The third-order valence-electron chi connectivity index (χ3n) is 4.67. The second kappa shape index (κ2) is 8.33. The van der Waals surface area contributed by atoms with Crippen LogP contribution < -0.4 is 10.6 Å². The van der Waals surface area contributed by atoms with E-state index in [1.165, 1.54) is 4.88 Å². The molecule has 0 radical (unpaired) electrons. The van der Waals surface area contributed by atoms with Crippen LogP contribution in [-0.2, 0) is 0 Å². The van der Waals surface area contributed by atoms with Crippen molar-refractivity contribution in [1.82, 2.24) is 25.1 Å². The molecule has 1 aliphatic rings. The zero-order valence-corrected chi connectivity index (χ0v) is 16.9. The predicted octanol–water partition coefficient (Wildman–Crippen LogP) is 3.61. The Morgan fingerprint density at radius 2 is 2.04 bits per heavy atom. The van der Waals surface area contributed by atoms with Gasteiger partial charge in [-0.05, 0) is 51.8 Å². The fourth-order valence-electron chi connectivity index (χ4n) is 3.25. The number of nitrogens with zero attached hydrogens (tertiary/aromatic N) is 4. The van der Waals surface area contributed by atoms with Crippen LogP contribution in [-0.4, -0.2) is 38.7 Å². The molecule has 0 spiro atoms. The molecule has 4 heterocycles. The molecule has 0 aromatic carbocycles. The number of halogens is 1. The second-order valence-corrected chi connectivity index (χ2v) is 7.93. The fourth-order valence-corrected chi connectivity index (χ4v) is 4.23. The van der Waals surface area contributed by atoms with Crippen molar-refractivity contribution in [2.75, 3.05) is 18.4 Å². The van der Waals surface area contributed by atoms with Gasteiger partial charge >= 0.3 is 0 Å². The molecule has 9 heteroatoms. The van der Waals surface area contributed by atoms with E-state index in [1.54, 1.807) is 23.7 Å². The minimum atomic E-state index is -0.192.